The van der Waals surface area contributed by atoms with Gasteiger partial charge in [0, 0.05) is 12.4 Å². The third-order valence-electron chi connectivity index (χ3n) is 1.37. The summed E-state index contributed by atoms with van der Waals surface area (Å²) in [5.41, 5.74) is 1.23. The van der Waals surface area contributed by atoms with Crippen molar-refractivity contribution in [3.63, 3.8) is 0 Å². The van der Waals surface area contributed by atoms with Crippen LogP contribution < -0.4 is 0 Å². The normalized spacial score (nSPS) is 8.91. The highest BCUT2D eigenvalue weighted by Crippen LogP contribution is 1.98. The molecule has 1 aromatic heterocycles. The van der Waals surface area contributed by atoms with E-state index in [4.69, 9.17) is 0 Å². The Balaban J connectivity index is 0.000001000. The lowest BCUT2D eigenvalue weighted by molar-refractivity contribution is 0.890. The Labute approximate surface area is 68.7 Å². The van der Waals surface area contributed by atoms with E-state index >= 15 is 0 Å². The molecule has 0 N–H and O–H groups in total. The summed E-state index contributed by atoms with van der Waals surface area (Å²) in [6, 6.07) is 0. The fourth-order valence-corrected chi connectivity index (χ4v) is 0.837. The minimum Gasteiger partial charge on any atom is -0.241 e. The molecule has 2 nitrogen and oxygen atoms in total. The van der Waals surface area contributed by atoms with Gasteiger partial charge in [0.05, 0.1) is 0 Å². The van der Waals surface area contributed by atoms with E-state index in [-0.39, 0.29) is 7.43 Å². The first-order valence-electron chi connectivity index (χ1n) is 3.60. The van der Waals surface area contributed by atoms with Crippen LogP contribution in [0, 0.1) is 6.92 Å². The molecular formula is C9H16N2. The quantitative estimate of drug-likeness (QED) is 0.650. The van der Waals surface area contributed by atoms with Crippen molar-refractivity contribution >= 4 is 0 Å². The van der Waals surface area contributed by atoms with E-state index in [0.29, 0.717) is 0 Å². The molecule has 0 unspecified atom stereocenters. The monoisotopic (exact) mass is 152 g/mol. The Hall–Kier alpha value is -0.920. The van der Waals surface area contributed by atoms with Gasteiger partial charge in [0.1, 0.15) is 5.82 Å². The SMILES string of the molecule is C.CCCc1cnc(C)nc1. The van der Waals surface area contributed by atoms with Gasteiger partial charge in [-0.15, -0.1) is 0 Å². The molecule has 0 aliphatic rings. The van der Waals surface area contributed by atoms with Crippen molar-refractivity contribution in [2.75, 3.05) is 0 Å². The van der Waals surface area contributed by atoms with Crippen molar-refractivity contribution < 1.29 is 0 Å². The molecule has 2 heteroatoms. The molecule has 1 aromatic rings. The average Bonchev–Trinajstić information content (AvgIpc) is 1.95. The van der Waals surface area contributed by atoms with Crippen molar-refractivity contribution in [3.8, 4) is 0 Å². The molecule has 1 heterocycles. The summed E-state index contributed by atoms with van der Waals surface area (Å²) in [5.74, 6) is 0.847. The summed E-state index contributed by atoms with van der Waals surface area (Å²) in [7, 11) is 0. The first kappa shape index (κ1) is 10.1. The van der Waals surface area contributed by atoms with Crippen LogP contribution in [0.15, 0.2) is 12.4 Å². The standard InChI is InChI=1S/C8H12N2.CH4/c1-3-4-8-5-9-7(2)10-6-8;/h5-6H,3-4H2,1-2H3;1H4. The van der Waals surface area contributed by atoms with Crippen LogP contribution in [-0.2, 0) is 6.42 Å². The first-order chi connectivity index (χ1) is 4.83. The molecule has 0 aliphatic heterocycles. The second-order valence-electron chi connectivity index (χ2n) is 2.39. The lowest BCUT2D eigenvalue weighted by atomic mass is 10.2. The lowest BCUT2D eigenvalue weighted by Crippen LogP contribution is -1.90. The molecule has 0 fully saturated rings. The van der Waals surface area contributed by atoms with Gasteiger partial charge in [-0.05, 0) is 18.9 Å². The maximum atomic E-state index is 4.09. The number of rotatable bonds is 2. The predicted octanol–water partition coefficient (Wildman–Crippen LogP) is 2.37. The highest BCUT2D eigenvalue weighted by atomic mass is 14.8. The maximum absolute atomic E-state index is 4.09. The van der Waals surface area contributed by atoms with Gasteiger partial charge in [-0.1, -0.05) is 20.8 Å². The van der Waals surface area contributed by atoms with Gasteiger partial charge in [-0.2, -0.15) is 0 Å². The van der Waals surface area contributed by atoms with Crippen LogP contribution in [0.2, 0.25) is 0 Å². The van der Waals surface area contributed by atoms with E-state index in [1.54, 1.807) is 0 Å². The van der Waals surface area contributed by atoms with E-state index in [1.807, 2.05) is 19.3 Å². The van der Waals surface area contributed by atoms with E-state index < -0.39 is 0 Å². The second kappa shape index (κ2) is 4.83. The summed E-state index contributed by atoms with van der Waals surface area (Å²) in [6.45, 7) is 4.05. The van der Waals surface area contributed by atoms with Crippen LogP contribution in [0.4, 0.5) is 0 Å². The van der Waals surface area contributed by atoms with Crippen molar-refractivity contribution in [1.82, 2.24) is 9.97 Å². The molecule has 0 aromatic carbocycles. The second-order valence-corrected chi connectivity index (χ2v) is 2.39. The highest BCUT2D eigenvalue weighted by molar-refractivity contribution is 5.04. The van der Waals surface area contributed by atoms with Crippen LogP contribution in [0.5, 0.6) is 0 Å². The van der Waals surface area contributed by atoms with E-state index in [2.05, 4.69) is 16.9 Å². The number of hydrogen-bond acceptors (Lipinski definition) is 2. The van der Waals surface area contributed by atoms with Gasteiger partial charge in [-0.25, -0.2) is 9.97 Å². The van der Waals surface area contributed by atoms with Crippen LogP contribution in [0.3, 0.4) is 0 Å². The molecule has 0 radical (unpaired) electrons. The Kier molecular flexibility index (Phi) is 4.42. The van der Waals surface area contributed by atoms with E-state index in [0.717, 1.165) is 18.7 Å². The Morgan fingerprint density at radius 2 is 1.82 bits per heavy atom. The van der Waals surface area contributed by atoms with Crippen molar-refractivity contribution in [2.24, 2.45) is 0 Å². The Morgan fingerprint density at radius 3 is 2.27 bits per heavy atom. The first-order valence-corrected chi connectivity index (χ1v) is 3.60. The van der Waals surface area contributed by atoms with Crippen LogP contribution in [-0.4, -0.2) is 9.97 Å². The summed E-state index contributed by atoms with van der Waals surface area (Å²) >= 11 is 0. The molecule has 11 heavy (non-hydrogen) atoms. The minimum absolute atomic E-state index is 0. The zero-order valence-corrected chi connectivity index (χ0v) is 6.46. The summed E-state index contributed by atoms with van der Waals surface area (Å²) < 4.78 is 0. The Morgan fingerprint density at radius 1 is 1.27 bits per heavy atom. The predicted molar refractivity (Wildman–Crippen MR) is 47.5 cm³/mol. The van der Waals surface area contributed by atoms with Gasteiger partial charge >= 0.3 is 0 Å². The molecule has 0 spiro atoms. The van der Waals surface area contributed by atoms with E-state index in [9.17, 15) is 0 Å². The van der Waals surface area contributed by atoms with Gasteiger partial charge in [0.15, 0.2) is 0 Å². The van der Waals surface area contributed by atoms with Crippen LogP contribution >= 0.6 is 0 Å². The highest BCUT2D eigenvalue weighted by Gasteiger charge is 1.90. The third kappa shape index (κ3) is 3.12. The van der Waals surface area contributed by atoms with Gasteiger partial charge in [-0.3, -0.25) is 0 Å². The van der Waals surface area contributed by atoms with Crippen LogP contribution in [0.25, 0.3) is 0 Å². The van der Waals surface area contributed by atoms with Crippen molar-refractivity contribution in [3.05, 3.63) is 23.8 Å². The maximum Gasteiger partial charge on any atom is 0.125 e. The molecule has 0 saturated carbocycles. The number of hydrogen-bond donors (Lipinski definition) is 0. The average molecular weight is 152 g/mol. The van der Waals surface area contributed by atoms with Gasteiger partial charge in [0.25, 0.3) is 0 Å². The van der Waals surface area contributed by atoms with Crippen LogP contribution in [0.1, 0.15) is 32.2 Å². The summed E-state index contributed by atoms with van der Waals surface area (Å²) in [4.78, 5) is 8.17. The van der Waals surface area contributed by atoms with E-state index in [1.165, 1.54) is 5.56 Å². The van der Waals surface area contributed by atoms with Crippen molar-refractivity contribution in [2.45, 2.75) is 34.1 Å². The molecule has 1 rings (SSSR count). The molecule has 0 aliphatic carbocycles. The molecular weight excluding hydrogens is 136 g/mol. The fraction of sp³-hybridized carbons (Fsp3) is 0.556. The number of aryl methyl sites for hydroxylation is 2. The zero-order chi connectivity index (χ0) is 7.40. The molecule has 62 valence electrons. The van der Waals surface area contributed by atoms with Gasteiger partial charge in [0.2, 0.25) is 0 Å². The van der Waals surface area contributed by atoms with Gasteiger partial charge < -0.3 is 0 Å². The molecule has 0 saturated heterocycles. The zero-order valence-electron chi connectivity index (χ0n) is 6.46. The third-order valence-corrected chi connectivity index (χ3v) is 1.37. The molecule has 0 atom stereocenters. The van der Waals surface area contributed by atoms with Crippen molar-refractivity contribution in [1.29, 1.82) is 0 Å². The summed E-state index contributed by atoms with van der Waals surface area (Å²) in [5, 5.41) is 0. The number of nitrogens with zero attached hydrogens (tertiary/aromatic N) is 2. The topological polar surface area (TPSA) is 25.8 Å². The molecule has 0 amide bonds. The molecule has 0 bridgehead atoms. The number of aromatic nitrogens is 2. The minimum atomic E-state index is 0. The smallest absolute Gasteiger partial charge is 0.125 e. The lowest BCUT2D eigenvalue weighted by Gasteiger charge is -1.95. The summed E-state index contributed by atoms with van der Waals surface area (Å²) in [6.07, 6.45) is 6.03. The Bertz CT molecular complexity index is 191. The fourth-order valence-electron chi connectivity index (χ4n) is 0.837. The largest absolute Gasteiger partial charge is 0.241 e.